The van der Waals surface area contributed by atoms with Crippen LogP contribution >= 0.6 is 0 Å². The Balaban J connectivity index is 1.27. The van der Waals surface area contributed by atoms with Crippen molar-refractivity contribution >= 4 is 16.7 Å². The lowest BCUT2D eigenvalue weighted by atomic mass is 9.49. The first kappa shape index (κ1) is 16.0. The molecule has 1 amide bonds. The zero-order chi connectivity index (χ0) is 17.7. The van der Waals surface area contributed by atoms with Gasteiger partial charge in [-0.3, -0.25) is 9.59 Å². The summed E-state index contributed by atoms with van der Waals surface area (Å²) in [5, 5.41) is 8.70. The van der Waals surface area contributed by atoms with Gasteiger partial charge in [0.15, 0.2) is 0 Å². The lowest BCUT2D eigenvalue weighted by molar-refractivity contribution is -0.124. The summed E-state index contributed by atoms with van der Waals surface area (Å²) in [7, 11) is 0. The summed E-state index contributed by atoms with van der Waals surface area (Å²) in [6.45, 7) is 0.758. The lowest BCUT2D eigenvalue weighted by Gasteiger charge is -2.56. The molecule has 26 heavy (non-hydrogen) atoms. The Kier molecular flexibility index (Phi) is 3.66. The molecule has 0 saturated heterocycles. The van der Waals surface area contributed by atoms with Crippen molar-refractivity contribution < 1.29 is 4.79 Å². The lowest BCUT2D eigenvalue weighted by Crippen LogP contribution is -2.51. The van der Waals surface area contributed by atoms with Crippen LogP contribution < -0.4 is 10.9 Å². The second-order valence-corrected chi connectivity index (χ2v) is 8.89. The third kappa shape index (κ3) is 2.74. The molecular formula is C21H25N3O2. The number of rotatable bonds is 4. The van der Waals surface area contributed by atoms with Crippen LogP contribution in [0.4, 0.5) is 0 Å². The highest BCUT2D eigenvalue weighted by atomic mass is 16.2. The Morgan fingerprint density at radius 1 is 1.12 bits per heavy atom. The predicted octanol–water partition coefficient (Wildman–Crippen LogP) is 2.73. The number of nitrogens with zero attached hydrogens (tertiary/aromatic N) is 2. The van der Waals surface area contributed by atoms with Crippen molar-refractivity contribution in [1.82, 2.24) is 15.1 Å². The number of benzene rings is 1. The first-order valence-corrected chi connectivity index (χ1v) is 9.82. The van der Waals surface area contributed by atoms with Crippen molar-refractivity contribution in [2.24, 2.45) is 23.2 Å². The van der Waals surface area contributed by atoms with E-state index in [2.05, 4.69) is 10.4 Å². The number of amides is 1. The maximum atomic E-state index is 12.5. The number of carbonyl (C=O) groups excluding carboxylic acids is 1. The monoisotopic (exact) mass is 351 g/mol. The van der Waals surface area contributed by atoms with Gasteiger partial charge in [-0.05, 0) is 67.8 Å². The average Bonchev–Trinajstić information content (AvgIpc) is 2.62. The summed E-state index contributed by atoms with van der Waals surface area (Å²) < 4.78 is 1.28. The van der Waals surface area contributed by atoms with Gasteiger partial charge in [0.05, 0.1) is 11.6 Å². The molecule has 5 heteroatoms. The van der Waals surface area contributed by atoms with Crippen LogP contribution in [0.15, 0.2) is 35.3 Å². The fourth-order valence-corrected chi connectivity index (χ4v) is 6.22. The fraction of sp³-hybridized carbons (Fsp3) is 0.571. The molecule has 0 radical (unpaired) electrons. The topological polar surface area (TPSA) is 64.0 Å². The largest absolute Gasteiger partial charge is 0.354 e. The summed E-state index contributed by atoms with van der Waals surface area (Å²) in [5.41, 5.74) is 0.111. The molecular weight excluding hydrogens is 326 g/mol. The number of aromatic nitrogens is 2. The molecule has 0 unspecified atom stereocenters. The van der Waals surface area contributed by atoms with Gasteiger partial charge in [-0.15, -0.1) is 0 Å². The molecule has 4 fully saturated rings. The first-order valence-electron chi connectivity index (χ1n) is 9.82. The van der Waals surface area contributed by atoms with Crippen molar-refractivity contribution in [3.8, 4) is 0 Å². The molecule has 1 N–H and O–H groups in total. The summed E-state index contributed by atoms with van der Waals surface area (Å²) in [6, 6.07) is 7.36. The van der Waals surface area contributed by atoms with E-state index in [1.807, 2.05) is 18.2 Å². The zero-order valence-corrected chi connectivity index (χ0v) is 15.0. The van der Waals surface area contributed by atoms with Crippen molar-refractivity contribution in [2.45, 2.75) is 45.1 Å². The third-order valence-corrected chi connectivity index (χ3v) is 6.88. The molecule has 4 aliphatic rings. The highest BCUT2D eigenvalue weighted by molar-refractivity contribution is 5.81. The van der Waals surface area contributed by atoms with Gasteiger partial charge < -0.3 is 5.32 Å². The molecule has 1 heterocycles. The van der Waals surface area contributed by atoms with E-state index >= 15 is 0 Å². The van der Waals surface area contributed by atoms with E-state index in [1.165, 1.54) is 43.2 Å². The van der Waals surface area contributed by atoms with Crippen LogP contribution in [0.2, 0.25) is 0 Å². The van der Waals surface area contributed by atoms with Gasteiger partial charge in [-0.2, -0.15) is 5.10 Å². The van der Waals surface area contributed by atoms with E-state index in [0.29, 0.717) is 10.8 Å². The number of hydrogen-bond donors (Lipinski definition) is 1. The van der Waals surface area contributed by atoms with Crippen LogP contribution in [0.25, 0.3) is 10.8 Å². The van der Waals surface area contributed by atoms with Gasteiger partial charge in [-0.25, -0.2) is 4.68 Å². The van der Waals surface area contributed by atoms with E-state index in [-0.39, 0.29) is 18.0 Å². The maximum absolute atomic E-state index is 12.5. The highest BCUT2D eigenvalue weighted by Gasteiger charge is 2.50. The van der Waals surface area contributed by atoms with E-state index in [4.69, 9.17) is 0 Å². The molecule has 0 atom stereocenters. The third-order valence-electron chi connectivity index (χ3n) is 6.88. The van der Waals surface area contributed by atoms with Crippen LogP contribution in [0.5, 0.6) is 0 Å². The molecule has 2 aromatic rings. The van der Waals surface area contributed by atoms with Crippen LogP contribution in [0.1, 0.15) is 38.5 Å². The number of carbonyl (C=O) groups is 1. The normalized spacial score (nSPS) is 32.1. The molecule has 4 bridgehead atoms. The number of nitrogens with one attached hydrogen (secondary N) is 1. The van der Waals surface area contributed by atoms with Gasteiger partial charge in [0.25, 0.3) is 5.56 Å². The highest BCUT2D eigenvalue weighted by Crippen LogP contribution is 2.59. The minimum Gasteiger partial charge on any atom is -0.354 e. The van der Waals surface area contributed by atoms with Crippen molar-refractivity contribution in [2.75, 3.05) is 6.54 Å². The van der Waals surface area contributed by atoms with E-state index < -0.39 is 0 Å². The molecule has 136 valence electrons. The molecule has 0 aliphatic heterocycles. The van der Waals surface area contributed by atoms with Gasteiger partial charge in [-0.1, -0.05) is 18.2 Å². The molecule has 4 saturated carbocycles. The Labute approximate surface area is 152 Å². The Morgan fingerprint density at radius 2 is 1.77 bits per heavy atom. The standard InChI is InChI=1S/C21H25N3O2/c25-19(12-24-20(26)18-4-2-1-3-17(18)11-23-24)22-13-21-8-14-5-15(9-21)7-16(6-14)10-21/h1-4,11,14-16H,5-10,12-13H2,(H,22,25). The summed E-state index contributed by atoms with van der Waals surface area (Å²) >= 11 is 0. The van der Waals surface area contributed by atoms with Crippen molar-refractivity contribution in [1.29, 1.82) is 0 Å². The van der Waals surface area contributed by atoms with E-state index in [9.17, 15) is 9.59 Å². The van der Waals surface area contributed by atoms with Crippen LogP contribution in [0, 0.1) is 23.2 Å². The number of hydrogen-bond acceptors (Lipinski definition) is 3. The quantitative estimate of drug-likeness (QED) is 0.921. The minimum atomic E-state index is -0.201. The predicted molar refractivity (Wildman–Crippen MR) is 99.6 cm³/mol. The fourth-order valence-electron chi connectivity index (χ4n) is 6.22. The van der Waals surface area contributed by atoms with Gasteiger partial charge in [0.2, 0.25) is 5.91 Å². The van der Waals surface area contributed by atoms with E-state index in [1.54, 1.807) is 12.3 Å². The maximum Gasteiger partial charge on any atom is 0.275 e. The molecule has 4 aliphatic carbocycles. The van der Waals surface area contributed by atoms with E-state index in [0.717, 1.165) is 29.7 Å². The molecule has 6 rings (SSSR count). The summed E-state index contributed by atoms with van der Waals surface area (Å²) in [6.07, 6.45) is 9.69. The van der Waals surface area contributed by atoms with Gasteiger partial charge in [0.1, 0.15) is 6.54 Å². The second kappa shape index (κ2) is 5.93. The summed E-state index contributed by atoms with van der Waals surface area (Å²) in [4.78, 5) is 25.0. The first-order chi connectivity index (χ1) is 12.6. The smallest absolute Gasteiger partial charge is 0.275 e. The van der Waals surface area contributed by atoms with Crippen LogP contribution in [0.3, 0.4) is 0 Å². The number of fused-ring (bicyclic) bond motifs is 1. The Morgan fingerprint density at radius 3 is 2.46 bits per heavy atom. The Hall–Kier alpha value is -2.17. The average molecular weight is 351 g/mol. The molecule has 1 aromatic heterocycles. The summed E-state index contributed by atoms with van der Waals surface area (Å²) in [5.74, 6) is 2.53. The van der Waals surface area contributed by atoms with Crippen molar-refractivity contribution in [3.63, 3.8) is 0 Å². The zero-order valence-electron chi connectivity index (χ0n) is 15.0. The van der Waals surface area contributed by atoms with Gasteiger partial charge >= 0.3 is 0 Å². The second-order valence-electron chi connectivity index (χ2n) is 8.89. The van der Waals surface area contributed by atoms with Crippen LogP contribution in [-0.4, -0.2) is 22.2 Å². The van der Waals surface area contributed by atoms with Gasteiger partial charge in [0, 0.05) is 11.9 Å². The molecule has 0 spiro atoms. The van der Waals surface area contributed by atoms with Crippen molar-refractivity contribution in [3.05, 3.63) is 40.8 Å². The Bertz CT molecular complexity index is 882. The van der Waals surface area contributed by atoms with Crippen LogP contribution in [-0.2, 0) is 11.3 Å². The minimum absolute atomic E-state index is 0.00394. The SMILES string of the molecule is O=C(Cn1ncc2ccccc2c1=O)NCC12CC3CC(CC(C3)C1)C2. The molecule has 1 aromatic carbocycles. The molecule has 5 nitrogen and oxygen atoms in total.